The van der Waals surface area contributed by atoms with Gasteiger partial charge in [0.05, 0.1) is 11.5 Å². The number of benzene rings is 2. The molecule has 2 aromatic carbocycles. The average molecular weight is 498 g/mol. The van der Waals surface area contributed by atoms with Gasteiger partial charge in [0, 0.05) is 12.3 Å². The topological polar surface area (TPSA) is 40.9 Å². The predicted octanol–water partition coefficient (Wildman–Crippen LogP) is 9.82. The number of aryl methyl sites for hydroxylation is 1. The van der Waals surface area contributed by atoms with Crippen molar-refractivity contribution in [2.75, 3.05) is 0 Å². The molecule has 2 aliphatic carbocycles. The molecule has 37 heavy (non-hydrogen) atoms. The van der Waals surface area contributed by atoms with E-state index in [1.165, 1.54) is 60.8 Å². The second-order valence-electron chi connectivity index (χ2n) is 12.0. The molecule has 0 amide bonds. The molecule has 2 fully saturated rings. The Balaban J connectivity index is 1.30. The molecular formula is C35H47NO. The normalized spacial score (nSPS) is 26.1. The number of nitrogens with zero attached hydrogens (tertiary/aromatic N) is 1. The maximum absolute atomic E-state index is 12.7. The zero-order valence-corrected chi connectivity index (χ0v) is 23.3. The molecule has 2 heteroatoms. The minimum absolute atomic E-state index is 0.249. The van der Waals surface area contributed by atoms with Crippen LogP contribution in [-0.2, 0) is 11.2 Å². The first-order valence-electron chi connectivity index (χ1n) is 15.2. The van der Waals surface area contributed by atoms with Crippen LogP contribution in [0.4, 0.5) is 0 Å². The van der Waals surface area contributed by atoms with Crippen LogP contribution in [0.15, 0.2) is 48.5 Å². The van der Waals surface area contributed by atoms with Crippen molar-refractivity contribution < 1.29 is 4.79 Å². The molecule has 2 saturated carbocycles. The molecule has 0 radical (unpaired) electrons. The highest BCUT2D eigenvalue weighted by atomic mass is 16.1. The van der Waals surface area contributed by atoms with E-state index in [0.29, 0.717) is 18.1 Å². The third-order valence-electron chi connectivity index (χ3n) is 9.52. The van der Waals surface area contributed by atoms with Gasteiger partial charge in [-0.3, -0.25) is 4.79 Å². The number of carbonyl (C=O) groups excluding carboxylic acids is 1. The van der Waals surface area contributed by atoms with Crippen LogP contribution in [0.2, 0.25) is 0 Å². The first-order chi connectivity index (χ1) is 18.1. The van der Waals surface area contributed by atoms with Gasteiger partial charge in [0.1, 0.15) is 5.78 Å². The van der Waals surface area contributed by atoms with Crippen molar-refractivity contribution in [2.24, 2.45) is 17.3 Å². The molecule has 0 saturated heterocycles. The molecule has 0 heterocycles. The van der Waals surface area contributed by atoms with Gasteiger partial charge in [0.2, 0.25) is 0 Å². The van der Waals surface area contributed by atoms with E-state index in [-0.39, 0.29) is 17.3 Å². The Morgan fingerprint density at radius 3 is 2.05 bits per heavy atom. The van der Waals surface area contributed by atoms with Gasteiger partial charge in [-0.1, -0.05) is 94.5 Å². The first-order valence-corrected chi connectivity index (χ1v) is 15.2. The molecule has 2 aliphatic rings. The summed E-state index contributed by atoms with van der Waals surface area (Å²) in [6.07, 6.45) is 16.6. The molecule has 0 bridgehead atoms. The molecule has 2 aromatic rings. The fourth-order valence-corrected chi connectivity index (χ4v) is 7.02. The lowest BCUT2D eigenvalue weighted by Crippen LogP contribution is -2.38. The van der Waals surface area contributed by atoms with E-state index in [0.717, 1.165) is 51.4 Å². The van der Waals surface area contributed by atoms with Gasteiger partial charge in [-0.2, -0.15) is 5.26 Å². The lowest BCUT2D eigenvalue weighted by molar-refractivity contribution is -0.128. The van der Waals surface area contributed by atoms with E-state index in [9.17, 15) is 10.1 Å². The Morgan fingerprint density at radius 2 is 1.46 bits per heavy atom. The van der Waals surface area contributed by atoms with Crippen LogP contribution < -0.4 is 0 Å². The number of Topliss-reactive ketones (excluding diaryl/α,β-unsaturated/α-hetero) is 1. The Hall–Kier alpha value is -2.40. The maximum atomic E-state index is 12.7. The lowest BCUT2D eigenvalue weighted by atomic mass is 9.59. The van der Waals surface area contributed by atoms with Crippen molar-refractivity contribution in [3.63, 3.8) is 0 Å². The van der Waals surface area contributed by atoms with Crippen molar-refractivity contribution in [3.8, 4) is 17.2 Å². The SMILES string of the molecule is CCCCCCCc1ccc(-c2ccc([C@H]3CC[C@@](C#N)([C@@H]4CC[C@@H](CCC)C(=O)C4)CC3)cc2)cc1. The van der Waals surface area contributed by atoms with Crippen LogP contribution in [0.5, 0.6) is 0 Å². The summed E-state index contributed by atoms with van der Waals surface area (Å²) in [5.74, 6) is 1.46. The van der Waals surface area contributed by atoms with Crippen LogP contribution in [0.1, 0.15) is 121 Å². The van der Waals surface area contributed by atoms with Crippen LogP contribution in [0, 0.1) is 28.6 Å². The van der Waals surface area contributed by atoms with Gasteiger partial charge in [-0.25, -0.2) is 0 Å². The minimum Gasteiger partial charge on any atom is -0.299 e. The van der Waals surface area contributed by atoms with E-state index in [1.54, 1.807) is 0 Å². The highest BCUT2D eigenvalue weighted by molar-refractivity contribution is 5.82. The average Bonchev–Trinajstić information content (AvgIpc) is 2.95. The summed E-state index contributed by atoms with van der Waals surface area (Å²) in [5.41, 5.74) is 5.13. The molecule has 0 aromatic heterocycles. The number of carbonyl (C=O) groups is 1. The minimum atomic E-state index is -0.291. The number of rotatable bonds is 11. The Labute approximate surface area is 225 Å². The second-order valence-corrected chi connectivity index (χ2v) is 12.0. The van der Waals surface area contributed by atoms with E-state index in [2.05, 4.69) is 68.4 Å². The fourth-order valence-electron chi connectivity index (χ4n) is 7.02. The van der Waals surface area contributed by atoms with Gasteiger partial charge >= 0.3 is 0 Å². The monoisotopic (exact) mass is 497 g/mol. The van der Waals surface area contributed by atoms with E-state index < -0.39 is 0 Å². The van der Waals surface area contributed by atoms with Gasteiger partial charge in [0.15, 0.2) is 0 Å². The summed E-state index contributed by atoms with van der Waals surface area (Å²) in [6.45, 7) is 4.43. The van der Waals surface area contributed by atoms with Crippen LogP contribution in [0.3, 0.4) is 0 Å². The summed E-state index contributed by atoms with van der Waals surface area (Å²) in [4.78, 5) is 12.7. The first kappa shape index (κ1) is 27.6. The Bertz CT molecular complexity index is 1020. The highest BCUT2D eigenvalue weighted by Crippen LogP contribution is 2.51. The Morgan fingerprint density at radius 1 is 0.811 bits per heavy atom. The van der Waals surface area contributed by atoms with Crippen molar-refractivity contribution in [1.82, 2.24) is 0 Å². The summed E-state index contributed by atoms with van der Waals surface area (Å²) >= 11 is 0. The number of hydrogen-bond donors (Lipinski definition) is 0. The summed E-state index contributed by atoms with van der Waals surface area (Å²) in [6, 6.07) is 21.0. The van der Waals surface area contributed by atoms with Crippen molar-refractivity contribution >= 4 is 5.78 Å². The van der Waals surface area contributed by atoms with E-state index in [4.69, 9.17) is 0 Å². The fraction of sp³-hybridized carbons (Fsp3) is 0.600. The number of ketones is 1. The maximum Gasteiger partial charge on any atom is 0.136 e. The number of nitriles is 1. The molecule has 0 N–H and O–H groups in total. The Kier molecular flexibility index (Phi) is 10.0. The molecule has 2 atom stereocenters. The second kappa shape index (κ2) is 13.4. The quantitative estimate of drug-likeness (QED) is 0.290. The number of unbranched alkanes of at least 4 members (excludes halogenated alkanes) is 4. The van der Waals surface area contributed by atoms with Crippen LogP contribution >= 0.6 is 0 Å². The summed E-state index contributed by atoms with van der Waals surface area (Å²) < 4.78 is 0. The van der Waals surface area contributed by atoms with Crippen molar-refractivity contribution in [2.45, 2.75) is 116 Å². The highest BCUT2D eigenvalue weighted by Gasteiger charge is 2.45. The summed E-state index contributed by atoms with van der Waals surface area (Å²) in [5, 5.41) is 10.2. The summed E-state index contributed by atoms with van der Waals surface area (Å²) in [7, 11) is 0. The molecule has 0 unspecified atom stereocenters. The van der Waals surface area contributed by atoms with Gasteiger partial charge in [-0.15, -0.1) is 0 Å². The third-order valence-corrected chi connectivity index (χ3v) is 9.52. The number of hydrogen-bond acceptors (Lipinski definition) is 2. The molecule has 198 valence electrons. The smallest absolute Gasteiger partial charge is 0.136 e. The zero-order chi connectivity index (χ0) is 26.1. The van der Waals surface area contributed by atoms with Gasteiger partial charge in [-0.05, 0) is 91.9 Å². The lowest BCUT2D eigenvalue weighted by Gasteiger charge is -2.43. The van der Waals surface area contributed by atoms with Crippen LogP contribution in [-0.4, -0.2) is 5.78 Å². The third kappa shape index (κ3) is 6.93. The largest absolute Gasteiger partial charge is 0.299 e. The van der Waals surface area contributed by atoms with Crippen molar-refractivity contribution in [3.05, 3.63) is 59.7 Å². The zero-order valence-electron chi connectivity index (χ0n) is 23.3. The van der Waals surface area contributed by atoms with Crippen molar-refractivity contribution in [1.29, 1.82) is 5.26 Å². The molecule has 4 rings (SSSR count). The van der Waals surface area contributed by atoms with Crippen LogP contribution in [0.25, 0.3) is 11.1 Å². The standard InChI is InChI=1S/C35H47NO/c1-3-5-6-7-8-10-27-11-13-28(14-12-27)29-15-17-30(18-16-29)31-21-23-35(26-36,24-22-31)33-20-19-32(9-4-2)34(37)25-33/h11-18,31-33H,3-10,19-25H2,1-2H3/t31-,32-,33-,35+/m1/s1. The molecular weight excluding hydrogens is 450 g/mol. The molecule has 0 spiro atoms. The van der Waals surface area contributed by atoms with Gasteiger partial charge in [0.25, 0.3) is 0 Å². The van der Waals surface area contributed by atoms with E-state index >= 15 is 0 Å². The van der Waals surface area contributed by atoms with E-state index in [1.807, 2.05) is 0 Å². The predicted molar refractivity (Wildman–Crippen MR) is 154 cm³/mol. The molecule has 0 aliphatic heterocycles. The van der Waals surface area contributed by atoms with Gasteiger partial charge < -0.3 is 0 Å². The molecule has 2 nitrogen and oxygen atoms in total.